The third kappa shape index (κ3) is 5.86. The van der Waals surface area contributed by atoms with Gasteiger partial charge >= 0.3 is 12.2 Å². The zero-order valence-electron chi connectivity index (χ0n) is 21.8. The molecule has 2 unspecified atom stereocenters. The topological polar surface area (TPSA) is 60.4 Å². The van der Waals surface area contributed by atoms with Crippen LogP contribution in [-0.2, 0) is 0 Å². The number of hydrogen-bond acceptors (Lipinski definition) is 6. The fraction of sp³-hybridized carbons (Fsp3) is 0.345. The first-order valence-corrected chi connectivity index (χ1v) is 12.8. The van der Waals surface area contributed by atoms with Crippen molar-refractivity contribution in [3.63, 3.8) is 0 Å². The van der Waals surface area contributed by atoms with E-state index in [0.717, 1.165) is 19.2 Å². The normalized spacial score (nSPS) is 18.6. The maximum atomic E-state index is 15.6. The summed E-state index contributed by atoms with van der Waals surface area (Å²) < 4.78 is 89.9. The van der Waals surface area contributed by atoms with Crippen molar-refractivity contribution in [2.75, 3.05) is 26.8 Å². The van der Waals surface area contributed by atoms with E-state index in [9.17, 15) is 22.0 Å². The molecule has 2 saturated heterocycles. The molecule has 0 bridgehead atoms. The Hall–Kier alpha value is -4.11. The number of methoxy groups -OCH3 is 1. The molecule has 12 heteroatoms. The van der Waals surface area contributed by atoms with Gasteiger partial charge in [0.2, 0.25) is 5.88 Å². The van der Waals surface area contributed by atoms with Gasteiger partial charge in [-0.25, -0.2) is 13.2 Å². The van der Waals surface area contributed by atoms with Crippen molar-refractivity contribution in [3.05, 3.63) is 53.7 Å². The van der Waals surface area contributed by atoms with Crippen LogP contribution in [0.25, 0.3) is 32.9 Å². The summed E-state index contributed by atoms with van der Waals surface area (Å²) in [5, 5.41) is 0.614. The fourth-order valence-electron chi connectivity index (χ4n) is 5.27. The summed E-state index contributed by atoms with van der Waals surface area (Å²) in [5.74, 6) is 0.0674. The van der Waals surface area contributed by atoms with Gasteiger partial charge < -0.3 is 9.47 Å². The molecule has 0 N–H and O–H groups in total. The number of terminal acetylenes is 1. The van der Waals surface area contributed by atoms with Gasteiger partial charge in [-0.15, -0.1) is 6.42 Å². The average molecular weight is 575 g/mol. The van der Waals surface area contributed by atoms with Gasteiger partial charge in [-0.05, 0) is 37.3 Å². The molecule has 2 aliphatic rings. The van der Waals surface area contributed by atoms with Gasteiger partial charge in [0.1, 0.15) is 23.2 Å². The van der Waals surface area contributed by atoms with Gasteiger partial charge in [0.05, 0.1) is 18.1 Å². The number of ether oxygens (including phenoxy) is 2. The van der Waals surface area contributed by atoms with Crippen molar-refractivity contribution in [3.8, 4) is 35.5 Å². The number of benzene rings is 2. The van der Waals surface area contributed by atoms with Crippen molar-refractivity contribution < 1.29 is 35.8 Å². The molecule has 2 fully saturated rings. The van der Waals surface area contributed by atoms with Crippen molar-refractivity contribution in [2.45, 2.75) is 37.7 Å². The third-order valence-corrected chi connectivity index (χ3v) is 7.04. The smallest absolute Gasteiger partial charge is 0.422 e. The minimum absolute atomic E-state index is 0.0751. The Balaban J connectivity index is 0.000000315. The average Bonchev–Trinajstić information content (AvgIpc) is 3.52. The summed E-state index contributed by atoms with van der Waals surface area (Å²) in [6.07, 6.45) is 4.71. The molecule has 4 aromatic rings. The highest BCUT2D eigenvalue weighted by Gasteiger charge is 2.34. The zero-order chi connectivity index (χ0) is 29.3. The summed E-state index contributed by atoms with van der Waals surface area (Å²) in [5.41, 5.74) is -0.499. The van der Waals surface area contributed by atoms with Crippen LogP contribution in [0.4, 0.5) is 26.3 Å². The minimum atomic E-state index is -4.64. The molecular formula is C29H24F6N4O2. The number of hydrogen-bond donors (Lipinski definition) is 0. The Bertz CT molecular complexity index is 1630. The molecule has 6 nitrogen and oxygen atoms in total. The Morgan fingerprint density at radius 1 is 1.15 bits per heavy atom. The van der Waals surface area contributed by atoms with Crippen molar-refractivity contribution >= 4 is 21.7 Å². The van der Waals surface area contributed by atoms with Gasteiger partial charge in [0.25, 0.3) is 0 Å². The highest BCUT2D eigenvalue weighted by atomic mass is 19.4. The molecule has 41 heavy (non-hydrogen) atoms. The summed E-state index contributed by atoms with van der Waals surface area (Å²) >= 11 is 0. The van der Waals surface area contributed by atoms with Gasteiger partial charge in [0, 0.05) is 29.7 Å². The number of nitrogens with zero attached hydrogens (tertiary/aromatic N) is 4. The molecule has 0 radical (unpaired) electrons. The number of halogens is 6. The van der Waals surface area contributed by atoms with Crippen molar-refractivity contribution in [2.24, 2.45) is 0 Å². The molecule has 0 saturated carbocycles. The van der Waals surface area contributed by atoms with E-state index in [0.29, 0.717) is 18.0 Å². The monoisotopic (exact) mass is 574 g/mol. The van der Waals surface area contributed by atoms with Gasteiger partial charge in [-0.2, -0.15) is 23.1 Å². The Kier molecular flexibility index (Phi) is 7.91. The van der Waals surface area contributed by atoms with Gasteiger partial charge in [-0.3, -0.25) is 9.88 Å². The molecule has 0 amide bonds. The predicted molar refractivity (Wildman–Crippen MR) is 140 cm³/mol. The number of fused-ring (bicyclic) bond motifs is 3. The van der Waals surface area contributed by atoms with Gasteiger partial charge in [0.15, 0.2) is 12.4 Å². The second kappa shape index (κ2) is 11.4. The first-order chi connectivity index (χ1) is 19.6. The molecule has 4 heterocycles. The summed E-state index contributed by atoms with van der Waals surface area (Å²) in [6, 6.07) is 7.68. The van der Waals surface area contributed by atoms with Crippen molar-refractivity contribution in [1.82, 2.24) is 19.9 Å². The second-order valence-corrected chi connectivity index (χ2v) is 9.70. The molecule has 214 valence electrons. The zero-order valence-corrected chi connectivity index (χ0v) is 21.8. The van der Waals surface area contributed by atoms with E-state index in [2.05, 4.69) is 25.8 Å². The van der Waals surface area contributed by atoms with Crippen LogP contribution in [-0.4, -0.2) is 65.0 Å². The van der Waals surface area contributed by atoms with E-state index in [1.165, 1.54) is 38.2 Å². The van der Waals surface area contributed by atoms with Crippen LogP contribution in [0.15, 0.2) is 36.5 Å². The number of alkyl halides is 4. The first-order valence-electron chi connectivity index (χ1n) is 12.8. The molecule has 2 aliphatic heterocycles. The minimum Gasteiger partial charge on any atom is -0.467 e. The summed E-state index contributed by atoms with van der Waals surface area (Å²) in [7, 11) is 1.17. The van der Waals surface area contributed by atoms with Crippen LogP contribution in [0.3, 0.4) is 0 Å². The van der Waals surface area contributed by atoms with Crippen LogP contribution in [0.5, 0.6) is 11.9 Å². The number of aromatic nitrogens is 3. The lowest BCUT2D eigenvalue weighted by atomic mass is 9.96. The molecule has 0 aliphatic carbocycles. The number of rotatable bonds is 4. The summed E-state index contributed by atoms with van der Waals surface area (Å²) in [6.45, 7) is 0.204. The van der Waals surface area contributed by atoms with E-state index in [-0.39, 0.29) is 33.1 Å². The Morgan fingerprint density at radius 3 is 2.66 bits per heavy atom. The standard InChI is InChI=1S/C22H12F5N3O2.C7H12FN/c1-3-12-15(23)8-7-11-5-4-6-13(16(11)12)18-17(24)19-14(9-28-18)20(30-21(29-19)31-2)32-10-22(25,26)27;8-6-4-7-2-1-3-9(7)5-6/h1,4-9H,10H2,2H3;6-7H,1-5H2. The van der Waals surface area contributed by atoms with E-state index in [4.69, 9.17) is 15.9 Å². The molecule has 2 aromatic heterocycles. The predicted octanol–water partition coefficient (Wildman–Crippen LogP) is 6.25. The van der Waals surface area contributed by atoms with E-state index < -0.39 is 42.5 Å². The van der Waals surface area contributed by atoms with Gasteiger partial charge in [-0.1, -0.05) is 30.2 Å². The van der Waals surface area contributed by atoms with E-state index in [1.807, 2.05) is 0 Å². The molecule has 0 spiro atoms. The quantitative estimate of drug-likeness (QED) is 0.212. The molecule has 6 rings (SSSR count). The summed E-state index contributed by atoms with van der Waals surface area (Å²) in [4.78, 5) is 13.9. The fourth-order valence-corrected chi connectivity index (χ4v) is 5.27. The first kappa shape index (κ1) is 28.4. The maximum Gasteiger partial charge on any atom is 0.422 e. The lowest BCUT2D eigenvalue weighted by molar-refractivity contribution is -0.153. The lowest BCUT2D eigenvalue weighted by Gasteiger charge is -2.14. The SMILES string of the molecule is C#Cc1c(F)ccc2cccc(-c3ncc4c(OCC(F)(F)F)nc(OC)nc4c3F)c12.FC1CC2CCCN2C1. The molecular weight excluding hydrogens is 550 g/mol. The third-order valence-electron chi connectivity index (χ3n) is 7.04. The van der Waals surface area contributed by atoms with Crippen molar-refractivity contribution in [1.29, 1.82) is 0 Å². The van der Waals surface area contributed by atoms with E-state index >= 15 is 4.39 Å². The number of pyridine rings is 1. The highest BCUT2D eigenvalue weighted by molar-refractivity contribution is 6.01. The Morgan fingerprint density at radius 2 is 1.95 bits per heavy atom. The second-order valence-electron chi connectivity index (χ2n) is 9.70. The largest absolute Gasteiger partial charge is 0.467 e. The van der Waals surface area contributed by atoms with Crippen LogP contribution in [0, 0.1) is 24.0 Å². The highest BCUT2D eigenvalue weighted by Crippen LogP contribution is 2.36. The van der Waals surface area contributed by atoms with Crippen LogP contribution < -0.4 is 9.47 Å². The van der Waals surface area contributed by atoms with E-state index in [1.54, 1.807) is 12.1 Å². The molecule has 2 atom stereocenters. The molecule has 2 aromatic carbocycles. The van der Waals surface area contributed by atoms with Crippen LogP contribution in [0.1, 0.15) is 24.8 Å². The Labute approximate surface area is 231 Å². The lowest BCUT2D eigenvalue weighted by Crippen LogP contribution is -2.22. The maximum absolute atomic E-state index is 15.6. The van der Waals surface area contributed by atoms with Crippen LogP contribution in [0.2, 0.25) is 0 Å². The van der Waals surface area contributed by atoms with Crippen LogP contribution >= 0.6 is 0 Å².